The zero-order valence-electron chi connectivity index (χ0n) is 30.4. The van der Waals surface area contributed by atoms with Gasteiger partial charge in [0.1, 0.15) is 18.2 Å². The van der Waals surface area contributed by atoms with Crippen LogP contribution >= 0.6 is 35.2 Å². The molecule has 316 valence electrons. The molecule has 3 aliphatic heterocycles. The predicted molar refractivity (Wildman–Crippen MR) is 202 cm³/mol. The number of rotatable bonds is 20. The first-order chi connectivity index (χ1) is 26.9. The number of urea groups is 1. The average Bonchev–Trinajstić information content (AvgIpc) is 3.87. The van der Waals surface area contributed by atoms with Gasteiger partial charge in [-0.2, -0.15) is 20.4 Å². The Morgan fingerprint density at radius 2 is 1.74 bits per heavy atom. The van der Waals surface area contributed by atoms with Crippen molar-refractivity contribution in [3.8, 4) is 11.8 Å². The molecule has 5 rings (SSSR count). The van der Waals surface area contributed by atoms with Gasteiger partial charge in [0, 0.05) is 48.3 Å². The Kier molecular flexibility index (Phi) is 15.8. The number of aromatic nitrogens is 2. The third-order valence-electron chi connectivity index (χ3n) is 9.39. The van der Waals surface area contributed by atoms with Crippen molar-refractivity contribution in [1.82, 2.24) is 31.2 Å². The van der Waals surface area contributed by atoms with Gasteiger partial charge in [-0.05, 0) is 25.7 Å². The van der Waals surface area contributed by atoms with Crippen LogP contribution < -0.4 is 27.0 Å². The molecular formula is C31H46N7O15P3S. The van der Waals surface area contributed by atoms with Crippen LogP contribution in [0.5, 0.6) is 0 Å². The first-order valence-corrected chi connectivity index (χ1v) is 23.6. The van der Waals surface area contributed by atoms with Gasteiger partial charge in [0.2, 0.25) is 11.8 Å². The molecule has 0 aromatic carbocycles. The average molecular weight is 882 g/mol. The van der Waals surface area contributed by atoms with E-state index >= 15 is 0 Å². The number of unbranched alkanes of at least 4 members (excludes halogenated alkanes) is 3. The Balaban J connectivity index is 0.985. The fourth-order valence-electron chi connectivity index (χ4n) is 6.83. The molecule has 1 aromatic rings. The predicted octanol–water partition coefficient (Wildman–Crippen LogP) is 0.923. The Hall–Kier alpha value is -2.93. The van der Waals surface area contributed by atoms with Crippen molar-refractivity contribution < 1.29 is 70.6 Å². The number of ether oxygens (including phenoxy) is 1. The summed E-state index contributed by atoms with van der Waals surface area (Å²) in [6, 6.07) is 0.264. The largest absolute Gasteiger partial charge is 0.490 e. The molecule has 3 fully saturated rings. The van der Waals surface area contributed by atoms with Gasteiger partial charge >= 0.3 is 29.5 Å². The number of carbonyl (C=O) groups is 3. The Bertz CT molecular complexity index is 1890. The van der Waals surface area contributed by atoms with E-state index in [1.54, 1.807) is 6.08 Å². The van der Waals surface area contributed by atoms with Crippen LogP contribution in [0.25, 0.3) is 5.57 Å². The number of carbonyl (C=O) groups excluding carboxylic acids is 3. The van der Waals surface area contributed by atoms with Crippen LogP contribution in [0.15, 0.2) is 12.4 Å². The van der Waals surface area contributed by atoms with E-state index in [0.717, 1.165) is 37.9 Å². The minimum absolute atomic E-state index is 0.00368. The number of nitrogens with zero attached hydrogens (tertiary/aromatic N) is 2. The summed E-state index contributed by atoms with van der Waals surface area (Å²) in [5.74, 6) is 6.09. The lowest BCUT2D eigenvalue weighted by atomic mass is 9.97. The zero-order valence-corrected chi connectivity index (χ0v) is 33.9. The van der Waals surface area contributed by atoms with Gasteiger partial charge < -0.3 is 56.4 Å². The van der Waals surface area contributed by atoms with Crippen LogP contribution in [0.4, 0.5) is 10.6 Å². The van der Waals surface area contributed by atoms with E-state index in [0.29, 0.717) is 41.5 Å². The second-order valence-electron chi connectivity index (χ2n) is 13.6. The minimum Gasteiger partial charge on any atom is -0.390 e. The molecule has 3 unspecified atom stereocenters. The quantitative estimate of drug-likeness (QED) is 0.0377. The third kappa shape index (κ3) is 13.5. The topological polar surface area (TPSA) is 340 Å². The number of anilines is 1. The highest BCUT2D eigenvalue weighted by Crippen LogP contribution is 2.66. The number of hydrogen-bond acceptors (Lipinski definition) is 15. The Labute approximate surface area is 331 Å². The number of phosphoric acid groups is 3. The Morgan fingerprint density at radius 3 is 2.49 bits per heavy atom. The van der Waals surface area contributed by atoms with Crippen molar-refractivity contribution >= 4 is 64.5 Å². The number of nitrogens with two attached hydrogens (primary N) is 1. The molecule has 0 spiro atoms. The van der Waals surface area contributed by atoms with E-state index in [2.05, 4.69) is 56.2 Å². The van der Waals surface area contributed by atoms with Crippen LogP contribution in [0.2, 0.25) is 0 Å². The van der Waals surface area contributed by atoms with Gasteiger partial charge in [0.05, 0.1) is 48.7 Å². The number of nitrogen functional groups attached to an aromatic ring is 1. The lowest BCUT2D eigenvalue weighted by molar-refractivity contribution is -0.122. The SMILES string of the molecule is Nc1ncnc2c1C(C#CCNC(=O)CCCCCNC(=O)CCCC[C@@H]1SC[C@@H]3NC(=O)N[C@@H]31)=CC2[C@H]1C[C@H](O)[C@@H](COP(=O)(O)OP(=O)(O)OP(=O)(O)O)O1. The van der Waals surface area contributed by atoms with Gasteiger partial charge in [0.15, 0.2) is 0 Å². The monoisotopic (exact) mass is 881 g/mol. The highest BCUT2D eigenvalue weighted by Gasteiger charge is 2.45. The Morgan fingerprint density at radius 1 is 1.00 bits per heavy atom. The molecule has 1 aliphatic carbocycles. The molecule has 0 bridgehead atoms. The summed E-state index contributed by atoms with van der Waals surface area (Å²) in [6.07, 6.45) is 5.17. The highest BCUT2D eigenvalue weighted by molar-refractivity contribution is 8.00. The van der Waals surface area contributed by atoms with Gasteiger partial charge in [-0.3, -0.25) is 14.1 Å². The molecule has 4 aliphatic rings. The van der Waals surface area contributed by atoms with Crippen LogP contribution in [0.1, 0.15) is 75.0 Å². The second-order valence-corrected chi connectivity index (χ2v) is 19.3. The summed E-state index contributed by atoms with van der Waals surface area (Å²) in [5.41, 5.74) is 7.45. The van der Waals surface area contributed by atoms with Crippen molar-refractivity contribution in [3.63, 3.8) is 0 Å². The van der Waals surface area contributed by atoms with Crippen LogP contribution in [0.3, 0.4) is 0 Å². The smallest absolute Gasteiger partial charge is 0.390 e. The maximum atomic E-state index is 12.4. The van der Waals surface area contributed by atoms with Crippen molar-refractivity contribution in [2.45, 2.75) is 99.4 Å². The lowest BCUT2D eigenvalue weighted by Crippen LogP contribution is -2.36. The van der Waals surface area contributed by atoms with Gasteiger partial charge in [-0.1, -0.05) is 30.8 Å². The molecule has 57 heavy (non-hydrogen) atoms. The molecule has 26 heteroatoms. The molecule has 1 aromatic heterocycles. The summed E-state index contributed by atoms with van der Waals surface area (Å²) in [5, 5.41) is 22.5. The fourth-order valence-corrected chi connectivity index (χ4v) is 11.4. The van der Waals surface area contributed by atoms with Gasteiger partial charge in [0.25, 0.3) is 0 Å². The van der Waals surface area contributed by atoms with Gasteiger partial charge in [-0.15, -0.1) is 0 Å². The number of hydrogen-bond donors (Lipinski definition) is 10. The highest BCUT2D eigenvalue weighted by atomic mass is 32.2. The number of allylic oxidation sites excluding steroid dienone is 1. The molecule has 4 heterocycles. The maximum Gasteiger partial charge on any atom is 0.490 e. The fraction of sp³-hybridized carbons (Fsp3) is 0.645. The standard InChI is InChI=1S/C31H46N7O15P3S/c32-30-27-18(7-6-12-34-25(40)9-2-1-5-11-33-26(41)10-4-3-8-24-29-20(16-57-24)37-31(42)38-29)13-19(28(27)35-17-36-30)22-14-21(39)23(51-22)15-50-55(46,47)53-56(48,49)52-54(43,44)45/h13,17,19-24,29,39H,1-5,8-12,14-16H2,(H,33,41)(H,34,40)(H,46,47)(H,48,49)(H2,32,35,36)(H2,37,38,42)(H2,43,44,45)/t19?,20-,21-,22+,23+,24-,29-/m0/s1. The van der Waals surface area contributed by atoms with Gasteiger partial charge in [-0.25, -0.2) is 28.5 Å². The van der Waals surface area contributed by atoms with E-state index < -0.39 is 54.3 Å². The summed E-state index contributed by atoms with van der Waals surface area (Å²) in [4.78, 5) is 80.9. The van der Waals surface area contributed by atoms with E-state index in [9.17, 15) is 43.0 Å². The molecule has 9 atom stereocenters. The van der Waals surface area contributed by atoms with Crippen LogP contribution in [0, 0.1) is 11.8 Å². The zero-order chi connectivity index (χ0) is 41.4. The molecule has 4 amide bonds. The van der Waals surface area contributed by atoms with E-state index in [1.807, 2.05) is 11.8 Å². The third-order valence-corrected chi connectivity index (χ3v) is 14.7. The summed E-state index contributed by atoms with van der Waals surface area (Å²) < 4.78 is 52.4. The maximum absolute atomic E-state index is 12.4. The summed E-state index contributed by atoms with van der Waals surface area (Å²) in [7, 11) is -16.7. The molecule has 22 nitrogen and oxygen atoms in total. The van der Waals surface area contributed by atoms with E-state index in [1.165, 1.54) is 6.33 Å². The van der Waals surface area contributed by atoms with Crippen molar-refractivity contribution in [1.29, 1.82) is 0 Å². The number of phosphoric ester groups is 1. The number of aliphatic hydroxyl groups is 1. The van der Waals surface area contributed by atoms with E-state index in [-0.39, 0.29) is 55.1 Å². The molecule has 0 radical (unpaired) electrons. The molecular weight excluding hydrogens is 835 g/mol. The van der Waals surface area contributed by atoms with Crippen LogP contribution in [-0.2, 0) is 41.2 Å². The first-order valence-electron chi connectivity index (χ1n) is 18.0. The lowest BCUT2D eigenvalue weighted by Gasteiger charge is -2.20. The number of amides is 4. The summed E-state index contributed by atoms with van der Waals surface area (Å²) in [6.45, 7) is -0.263. The number of fused-ring (bicyclic) bond motifs is 2. The van der Waals surface area contributed by atoms with Crippen molar-refractivity contribution in [2.75, 3.05) is 31.2 Å². The minimum atomic E-state index is -5.72. The second kappa shape index (κ2) is 19.9. The van der Waals surface area contributed by atoms with Crippen molar-refractivity contribution in [2.24, 2.45) is 0 Å². The molecule has 0 saturated carbocycles. The molecule has 3 saturated heterocycles. The number of nitrogens with one attached hydrogen (secondary N) is 4. The van der Waals surface area contributed by atoms with E-state index in [4.69, 9.17) is 20.3 Å². The summed E-state index contributed by atoms with van der Waals surface area (Å²) >= 11 is 1.86. The normalized spacial score (nSPS) is 27.1. The first kappa shape index (κ1) is 45.2. The van der Waals surface area contributed by atoms with Crippen molar-refractivity contribution in [3.05, 3.63) is 23.7 Å². The van der Waals surface area contributed by atoms with Crippen LogP contribution in [-0.4, -0.2) is 114 Å². The molecule has 11 N–H and O–H groups in total. The number of thioether (sulfide) groups is 1. The number of aliphatic hydroxyl groups excluding tert-OH is 1.